The first-order valence-electron chi connectivity index (χ1n) is 5.65. The molecule has 8 heteroatoms. The fraction of sp³-hybridized carbons (Fsp3) is 0.0833. The van der Waals surface area contributed by atoms with Gasteiger partial charge in [-0.05, 0) is 12.1 Å². The van der Waals surface area contributed by atoms with Crippen LogP contribution in [0.4, 0.5) is 0 Å². The van der Waals surface area contributed by atoms with E-state index in [0.29, 0.717) is 0 Å². The number of aryl methyl sites for hydroxylation is 1. The number of carboxylic acids is 1. The average Bonchev–Trinajstić information content (AvgIpc) is 2.82. The van der Waals surface area contributed by atoms with Crippen LogP contribution in [0.3, 0.4) is 0 Å². The molecular weight excluding hydrogens is 278 g/mol. The van der Waals surface area contributed by atoms with E-state index < -0.39 is 5.97 Å². The van der Waals surface area contributed by atoms with Crippen LogP contribution in [0.1, 0.15) is 10.5 Å². The molecule has 0 bridgehead atoms. The van der Waals surface area contributed by atoms with Gasteiger partial charge in [0.05, 0.1) is 11.6 Å². The highest BCUT2D eigenvalue weighted by Gasteiger charge is 2.11. The molecule has 3 rings (SSSR count). The quantitative estimate of drug-likeness (QED) is 0.731. The summed E-state index contributed by atoms with van der Waals surface area (Å²) in [5.74, 6) is -1.05. The Bertz CT molecular complexity index is 801. The summed E-state index contributed by atoms with van der Waals surface area (Å²) < 4.78 is 1.66. The van der Waals surface area contributed by atoms with Gasteiger partial charge in [0.2, 0.25) is 0 Å². The van der Waals surface area contributed by atoms with Gasteiger partial charge in [0, 0.05) is 18.1 Å². The predicted octanol–water partition coefficient (Wildman–Crippen LogP) is 1.61. The van der Waals surface area contributed by atoms with Crippen molar-refractivity contribution in [2.24, 2.45) is 7.05 Å². The second-order valence-corrected chi connectivity index (χ2v) is 5.03. The zero-order chi connectivity index (χ0) is 14.1. The number of aromatic carboxylic acids is 1. The van der Waals surface area contributed by atoms with Crippen molar-refractivity contribution in [2.75, 3.05) is 0 Å². The molecule has 3 heterocycles. The van der Waals surface area contributed by atoms with Gasteiger partial charge in [-0.25, -0.2) is 19.7 Å². The molecule has 0 atom stereocenters. The Hall–Kier alpha value is -2.48. The summed E-state index contributed by atoms with van der Waals surface area (Å²) in [7, 11) is 1.80. The third-order valence-corrected chi connectivity index (χ3v) is 3.67. The number of carboxylic acid groups (broad SMARTS) is 1. The molecule has 0 radical (unpaired) electrons. The lowest BCUT2D eigenvalue weighted by Gasteiger charge is -2.02. The van der Waals surface area contributed by atoms with Gasteiger partial charge in [0.1, 0.15) is 17.0 Å². The second kappa shape index (κ2) is 4.89. The van der Waals surface area contributed by atoms with Crippen molar-refractivity contribution in [3.8, 4) is 0 Å². The standard InChI is InChI=1S/C12H9N5O2S/c1-17-10-8(5-16-17)11(15-6-14-10)20-7-2-3-13-9(4-7)12(18)19/h2-6H,1H3,(H,18,19). The topological polar surface area (TPSA) is 93.8 Å². The highest BCUT2D eigenvalue weighted by Crippen LogP contribution is 2.30. The van der Waals surface area contributed by atoms with Crippen molar-refractivity contribution in [3.05, 3.63) is 36.5 Å². The van der Waals surface area contributed by atoms with E-state index in [1.54, 1.807) is 24.0 Å². The Morgan fingerprint density at radius 2 is 2.20 bits per heavy atom. The van der Waals surface area contributed by atoms with Crippen LogP contribution in [-0.4, -0.2) is 35.8 Å². The number of nitrogens with zero attached hydrogens (tertiary/aromatic N) is 5. The summed E-state index contributed by atoms with van der Waals surface area (Å²) in [5, 5.41) is 14.6. The third kappa shape index (κ3) is 2.21. The van der Waals surface area contributed by atoms with Gasteiger partial charge in [0.15, 0.2) is 5.65 Å². The molecule has 3 aromatic rings. The Labute approximate surface area is 117 Å². The Morgan fingerprint density at radius 1 is 1.35 bits per heavy atom. The average molecular weight is 287 g/mol. The normalized spacial score (nSPS) is 10.8. The lowest BCUT2D eigenvalue weighted by Crippen LogP contribution is -1.99. The van der Waals surface area contributed by atoms with Gasteiger partial charge in [-0.15, -0.1) is 0 Å². The van der Waals surface area contributed by atoms with E-state index in [1.165, 1.54) is 30.4 Å². The first-order chi connectivity index (χ1) is 9.65. The molecule has 0 saturated heterocycles. The molecule has 0 amide bonds. The molecule has 0 aromatic carbocycles. The van der Waals surface area contributed by atoms with Crippen LogP contribution in [0.5, 0.6) is 0 Å². The fourth-order valence-electron chi connectivity index (χ4n) is 1.73. The van der Waals surface area contributed by atoms with Crippen molar-refractivity contribution in [2.45, 2.75) is 9.92 Å². The number of rotatable bonds is 3. The minimum absolute atomic E-state index is 0.00601. The summed E-state index contributed by atoms with van der Waals surface area (Å²) in [4.78, 5) is 23.8. The van der Waals surface area contributed by atoms with E-state index in [2.05, 4.69) is 20.1 Å². The molecule has 3 aromatic heterocycles. The van der Waals surface area contributed by atoms with Crippen LogP contribution in [0.25, 0.3) is 11.0 Å². The van der Waals surface area contributed by atoms with Crippen LogP contribution < -0.4 is 0 Å². The smallest absolute Gasteiger partial charge is 0.354 e. The SMILES string of the molecule is Cn1ncc2c(Sc3ccnc(C(=O)O)c3)ncnc21. The van der Waals surface area contributed by atoms with E-state index in [0.717, 1.165) is 21.0 Å². The Balaban J connectivity index is 2.01. The van der Waals surface area contributed by atoms with Gasteiger partial charge in [-0.2, -0.15) is 5.10 Å². The van der Waals surface area contributed by atoms with Gasteiger partial charge in [-0.3, -0.25) is 4.68 Å². The molecule has 20 heavy (non-hydrogen) atoms. The zero-order valence-electron chi connectivity index (χ0n) is 10.4. The van der Waals surface area contributed by atoms with Gasteiger partial charge >= 0.3 is 5.97 Å². The second-order valence-electron chi connectivity index (χ2n) is 3.97. The third-order valence-electron chi connectivity index (χ3n) is 2.66. The van der Waals surface area contributed by atoms with Gasteiger partial charge in [0.25, 0.3) is 0 Å². The predicted molar refractivity (Wildman–Crippen MR) is 71.6 cm³/mol. The molecule has 100 valence electrons. The van der Waals surface area contributed by atoms with E-state index in [4.69, 9.17) is 5.11 Å². The number of hydrogen-bond donors (Lipinski definition) is 1. The van der Waals surface area contributed by atoms with E-state index in [-0.39, 0.29) is 5.69 Å². The fourth-order valence-corrected chi connectivity index (χ4v) is 2.60. The Morgan fingerprint density at radius 3 is 3.00 bits per heavy atom. The van der Waals surface area contributed by atoms with Crippen LogP contribution in [0.2, 0.25) is 0 Å². The van der Waals surface area contributed by atoms with Crippen molar-refractivity contribution in [3.63, 3.8) is 0 Å². The highest BCUT2D eigenvalue weighted by atomic mass is 32.2. The molecular formula is C12H9N5O2S. The lowest BCUT2D eigenvalue weighted by atomic mass is 10.3. The van der Waals surface area contributed by atoms with E-state index in [1.807, 2.05) is 0 Å². The highest BCUT2D eigenvalue weighted by molar-refractivity contribution is 7.99. The monoisotopic (exact) mass is 287 g/mol. The number of fused-ring (bicyclic) bond motifs is 1. The molecule has 7 nitrogen and oxygen atoms in total. The van der Waals surface area contributed by atoms with Crippen molar-refractivity contribution < 1.29 is 9.90 Å². The molecule has 1 N–H and O–H groups in total. The van der Waals surface area contributed by atoms with Crippen LogP contribution in [0.15, 0.2) is 40.8 Å². The summed E-state index contributed by atoms with van der Waals surface area (Å²) in [6, 6.07) is 3.25. The van der Waals surface area contributed by atoms with Crippen molar-refractivity contribution in [1.82, 2.24) is 24.7 Å². The van der Waals surface area contributed by atoms with Gasteiger partial charge < -0.3 is 5.11 Å². The first-order valence-corrected chi connectivity index (χ1v) is 6.46. The molecule has 0 fully saturated rings. The largest absolute Gasteiger partial charge is 0.477 e. The van der Waals surface area contributed by atoms with E-state index >= 15 is 0 Å². The number of carbonyl (C=O) groups is 1. The van der Waals surface area contributed by atoms with Crippen molar-refractivity contribution >= 4 is 28.8 Å². The molecule has 0 aliphatic carbocycles. The summed E-state index contributed by atoms with van der Waals surface area (Å²) in [6.07, 6.45) is 4.62. The lowest BCUT2D eigenvalue weighted by molar-refractivity contribution is 0.0690. The molecule has 0 saturated carbocycles. The van der Waals surface area contributed by atoms with Crippen LogP contribution >= 0.6 is 11.8 Å². The van der Waals surface area contributed by atoms with Crippen LogP contribution in [0, 0.1) is 0 Å². The van der Waals surface area contributed by atoms with Gasteiger partial charge in [-0.1, -0.05) is 11.8 Å². The Kier molecular flexibility index (Phi) is 3.07. The van der Waals surface area contributed by atoms with Crippen molar-refractivity contribution in [1.29, 1.82) is 0 Å². The number of hydrogen-bond acceptors (Lipinski definition) is 6. The number of pyridine rings is 1. The van der Waals surface area contributed by atoms with Crippen LogP contribution in [-0.2, 0) is 7.05 Å². The molecule has 0 aliphatic rings. The zero-order valence-corrected chi connectivity index (χ0v) is 11.2. The molecule has 0 spiro atoms. The minimum Gasteiger partial charge on any atom is -0.477 e. The van der Waals surface area contributed by atoms with E-state index in [9.17, 15) is 4.79 Å². The maximum absolute atomic E-state index is 10.9. The first kappa shape index (κ1) is 12.5. The summed E-state index contributed by atoms with van der Waals surface area (Å²) >= 11 is 1.35. The molecule has 0 unspecified atom stereocenters. The number of aromatic nitrogens is 5. The summed E-state index contributed by atoms with van der Waals surface area (Å²) in [5.41, 5.74) is 0.738. The summed E-state index contributed by atoms with van der Waals surface area (Å²) in [6.45, 7) is 0. The maximum Gasteiger partial charge on any atom is 0.354 e. The minimum atomic E-state index is -1.05. The maximum atomic E-state index is 10.9. The molecule has 0 aliphatic heterocycles.